The van der Waals surface area contributed by atoms with Crippen LogP contribution in [0.4, 0.5) is 0 Å². The molecule has 1 aliphatic carbocycles. The van der Waals surface area contributed by atoms with Gasteiger partial charge in [-0.15, -0.1) is 6.58 Å². The third-order valence-corrected chi connectivity index (χ3v) is 4.17. The molecular weight excluding hydrogens is 246 g/mol. The lowest BCUT2D eigenvalue weighted by Gasteiger charge is -2.13. The van der Waals surface area contributed by atoms with Gasteiger partial charge in [0.05, 0.1) is 5.39 Å². The first-order valence-electron chi connectivity index (χ1n) is 6.37. The summed E-state index contributed by atoms with van der Waals surface area (Å²) >= 11 is 6.08. The molecule has 18 heavy (non-hydrogen) atoms. The Morgan fingerprint density at radius 3 is 3.17 bits per heavy atom. The molecule has 3 rings (SSSR count). The average Bonchev–Trinajstić information content (AvgIpc) is 2.96. The molecular formula is C14H16ClN3. The van der Waals surface area contributed by atoms with Crippen molar-refractivity contribution in [1.29, 1.82) is 0 Å². The smallest absolute Gasteiger partial charge is 0.145 e. The Bertz CT molecular complexity index is 575. The molecule has 0 aliphatic heterocycles. The molecule has 0 amide bonds. The van der Waals surface area contributed by atoms with Crippen LogP contribution in [0.15, 0.2) is 31.2 Å². The van der Waals surface area contributed by atoms with Gasteiger partial charge in [-0.3, -0.25) is 0 Å². The minimum absolute atomic E-state index is 0.540. The summed E-state index contributed by atoms with van der Waals surface area (Å²) in [6.45, 7) is 3.83. The summed E-state index contributed by atoms with van der Waals surface area (Å²) in [4.78, 5) is 8.38. The number of halogens is 1. The van der Waals surface area contributed by atoms with Gasteiger partial charge in [-0.25, -0.2) is 9.97 Å². The summed E-state index contributed by atoms with van der Waals surface area (Å²) in [6, 6.07) is 2.55. The van der Waals surface area contributed by atoms with Gasteiger partial charge in [-0.1, -0.05) is 17.7 Å². The van der Waals surface area contributed by atoms with Crippen molar-refractivity contribution in [2.75, 3.05) is 0 Å². The first kappa shape index (κ1) is 11.7. The summed E-state index contributed by atoms with van der Waals surface area (Å²) in [7, 11) is 0. The third-order valence-electron chi connectivity index (χ3n) is 3.87. The summed E-state index contributed by atoms with van der Waals surface area (Å²) in [5, 5.41) is 1.49. The topological polar surface area (TPSA) is 30.7 Å². The average molecular weight is 262 g/mol. The van der Waals surface area contributed by atoms with E-state index in [4.69, 9.17) is 11.6 Å². The molecule has 4 heteroatoms. The first-order valence-corrected chi connectivity index (χ1v) is 6.75. The molecule has 0 radical (unpaired) electrons. The minimum Gasteiger partial charge on any atom is -0.329 e. The fraction of sp³-hybridized carbons (Fsp3) is 0.429. The van der Waals surface area contributed by atoms with Gasteiger partial charge < -0.3 is 4.57 Å². The summed E-state index contributed by atoms with van der Waals surface area (Å²) < 4.78 is 2.26. The third kappa shape index (κ3) is 1.93. The predicted octanol–water partition coefficient (Wildman–Crippen LogP) is 4.00. The van der Waals surface area contributed by atoms with Crippen LogP contribution in [0, 0.1) is 5.92 Å². The van der Waals surface area contributed by atoms with E-state index in [1.165, 1.54) is 25.6 Å². The second-order valence-electron chi connectivity index (χ2n) is 4.98. The highest BCUT2D eigenvalue weighted by atomic mass is 35.5. The number of hydrogen-bond acceptors (Lipinski definition) is 2. The number of fused-ring (bicyclic) bond motifs is 1. The SMILES string of the molecule is C=CCC1CCC(n2ccc3c(Cl)ncnc32)C1. The van der Waals surface area contributed by atoms with Crippen LogP contribution in [0.5, 0.6) is 0 Å². The zero-order valence-electron chi connectivity index (χ0n) is 10.2. The van der Waals surface area contributed by atoms with Crippen LogP contribution in [-0.4, -0.2) is 14.5 Å². The largest absolute Gasteiger partial charge is 0.329 e. The highest BCUT2D eigenvalue weighted by Gasteiger charge is 2.26. The molecule has 0 spiro atoms. The van der Waals surface area contributed by atoms with E-state index >= 15 is 0 Å². The van der Waals surface area contributed by atoms with Crippen LogP contribution in [0.2, 0.25) is 5.15 Å². The van der Waals surface area contributed by atoms with Crippen molar-refractivity contribution in [1.82, 2.24) is 14.5 Å². The Hall–Kier alpha value is -1.35. The lowest BCUT2D eigenvalue weighted by Crippen LogP contribution is -2.05. The van der Waals surface area contributed by atoms with E-state index < -0.39 is 0 Å². The van der Waals surface area contributed by atoms with Crippen molar-refractivity contribution in [3.63, 3.8) is 0 Å². The molecule has 2 unspecified atom stereocenters. The number of aromatic nitrogens is 3. The standard InChI is InChI=1S/C14H16ClN3/c1-2-3-10-4-5-11(8-10)18-7-6-12-13(15)16-9-17-14(12)18/h2,6-7,9-11H,1,3-5,8H2. The summed E-state index contributed by atoms with van der Waals surface area (Å²) in [6.07, 6.45) is 10.5. The molecule has 2 aromatic heterocycles. The highest BCUT2D eigenvalue weighted by molar-refractivity contribution is 6.33. The maximum Gasteiger partial charge on any atom is 0.145 e. The Kier molecular flexibility index (Phi) is 3.08. The van der Waals surface area contributed by atoms with Crippen LogP contribution in [0.1, 0.15) is 31.7 Å². The van der Waals surface area contributed by atoms with Crippen molar-refractivity contribution in [2.24, 2.45) is 5.92 Å². The van der Waals surface area contributed by atoms with Gasteiger partial charge >= 0.3 is 0 Å². The van der Waals surface area contributed by atoms with E-state index in [2.05, 4.69) is 27.3 Å². The van der Waals surface area contributed by atoms with Crippen LogP contribution in [0.25, 0.3) is 11.0 Å². The normalized spacial score (nSPS) is 23.6. The van der Waals surface area contributed by atoms with Crippen molar-refractivity contribution < 1.29 is 0 Å². The Morgan fingerprint density at radius 1 is 1.44 bits per heavy atom. The molecule has 0 bridgehead atoms. The van der Waals surface area contributed by atoms with Gasteiger partial charge in [0.2, 0.25) is 0 Å². The van der Waals surface area contributed by atoms with Crippen molar-refractivity contribution in [2.45, 2.75) is 31.7 Å². The van der Waals surface area contributed by atoms with Gasteiger partial charge in [-0.2, -0.15) is 0 Å². The van der Waals surface area contributed by atoms with Crippen molar-refractivity contribution in [3.8, 4) is 0 Å². The molecule has 3 nitrogen and oxygen atoms in total. The molecule has 94 valence electrons. The molecule has 1 fully saturated rings. The van der Waals surface area contributed by atoms with Crippen LogP contribution in [-0.2, 0) is 0 Å². The van der Waals surface area contributed by atoms with E-state index in [0.717, 1.165) is 23.4 Å². The molecule has 2 heterocycles. The number of hydrogen-bond donors (Lipinski definition) is 0. The predicted molar refractivity (Wildman–Crippen MR) is 73.7 cm³/mol. The van der Waals surface area contributed by atoms with E-state index in [1.54, 1.807) is 0 Å². The lowest BCUT2D eigenvalue weighted by molar-refractivity contribution is 0.487. The number of allylic oxidation sites excluding steroid dienone is 1. The minimum atomic E-state index is 0.540. The van der Waals surface area contributed by atoms with Crippen molar-refractivity contribution in [3.05, 3.63) is 36.4 Å². The maximum absolute atomic E-state index is 6.08. The molecule has 0 saturated heterocycles. The van der Waals surface area contributed by atoms with E-state index in [1.807, 2.05) is 12.1 Å². The van der Waals surface area contributed by atoms with E-state index in [9.17, 15) is 0 Å². The lowest BCUT2D eigenvalue weighted by atomic mass is 10.0. The molecule has 1 aliphatic rings. The monoisotopic (exact) mass is 261 g/mol. The molecule has 2 aromatic rings. The second-order valence-corrected chi connectivity index (χ2v) is 5.34. The van der Waals surface area contributed by atoms with E-state index in [0.29, 0.717) is 11.2 Å². The fourth-order valence-electron chi connectivity index (χ4n) is 2.99. The Balaban J connectivity index is 1.91. The molecule has 0 N–H and O–H groups in total. The molecule has 0 aromatic carbocycles. The van der Waals surface area contributed by atoms with Gasteiger partial charge in [0.1, 0.15) is 17.1 Å². The molecule has 1 saturated carbocycles. The fourth-order valence-corrected chi connectivity index (χ4v) is 3.18. The molecule has 2 atom stereocenters. The number of nitrogens with zero attached hydrogens (tertiary/aromatic N) is 3. The zero-order valence-corrected chi connectivity index (χ0v) is 11.0. The van der Waals surface area contributed by atoms with Gasteiger partial charge in [0.15, 0.2) is 0 Å². The van der Waals surface area contributed by atoms with Gasteiger partial charge in [-0.05, 0) is 37.7 Å². The van der Waals surface area contributed by atoms with Crippen molar-refractivity contribution >= 4 is 22.6 Å². The Morgan fingerprint density at radius 2 is 2.33 bits per heavy atom. The second kappa shape index (κ2) is 4.73. The van der Waals surface area contributed by atoms with Crippen LogP contribution < -0.4 is 0 Å². The first-order chi connectivity index (χ1) is 8.79. The Labute approximate surface area is 111 Å². The summed E-state index contributed by atoms with van der Waals surface area (Å²) in [5.74, 6) is 0.766. The highest BCUT2D eigenvalue weighted by Crippen LogP contribution is 2.38. The quantitative estimate of drug-likeness (QED) is 0.618. The maximum atomic E-state index is 6.08. The van der Waals surface area contributed by atoms with Crippen LogP contribution in [0.3, 0.4) is 0 Å². The zero-order chi connectivity index (χ0) is 12.5. The van der Waals surface area contributed by atoms with Crippen LogP contribution >= 0.6 is 11.6 Å². The summed E-state index contributed by atoms with van der Waals surface area (Å²) in [5.41, 5.74) is 0.958. The number of rotatable bonds is 3. The van der Waals surface area contributed by atoms with Gasteiger partial charge in [0, 0.05) is 12.2 Å². The van der Waals surface area contributed by atoms with Gasteiger partial charge in [0.25, 0.3) is 0 Å². The van der Waals surface area contributed by atoms with E-state index in [-0.39, 0.29) is 0 Å².